The highest BCUT2D eigenvalue weighted by atomic mass is 32.2. The summed E-state index contributed by atoms with van der Waals surface area (Å²) in [4.78, 5) is 4.92. The quantitative estimate of drug-likeness (QED) is 0.465. The average Bonchev–Trinajstić information content (AvgIpc) is 3.30. The number of thiophene rings is 1. The summed E-state index contributed by atoms with van der Waals surface area (Å²) in [7, 11) is -3.83. The zero-order valence-electron chi connectivity index (χ0n) is 16.7. The van der Waals surface area contributed by atoms with Gasteiger partial charge in [0, 0.05) is 6.04 Å². The molecule has 1 aromatic carbocycles. The summed E-state index contributed by atoms with van der Waals surface area (Å²) in [6.07, 6.45) is 7.15. The molecule has 0 spiro atoms. The van der Waals surface area contributed by atoms with Gasteiger partial charge in [-0.05, 0) is 43.3 Å². The molecule has 1 fully saturated rings. The topological polar surface area (TPSA) is 89.2 Å². The van der Waals surface area contributed by atoms with Gasteiger partial charge < -0.3 is 5.32 Å². The molecule has 0 atom stereocenters. The number of nitrogens with zero attached hydrogens (tertiary/aromatic N) is 4. The Bertz CT molecular complexity index is 1300. The van der Waals surface area contributed by atoms with E-state index in [-0.39, 0.29) is 15.6 Å². The number of fused-ring (bicyclic) bond motifs is 3. The fraction of sp³-hybridized carbons (Fsp3) is 0.381. The molecular weight excluding hydrogens is 418 g/mol. The lowest BCUT2D eigenvalue weighted by atomic mass is 10.1. The monoisotopic (exact) mass is 441 g/mol. The minimum atomic E-state index is -3.83. The number of anilines is 1. The molecule has 0 saturated heterocycles. The van der Waals surface area contributed by atoms with Crippen LogP contribution in [0.25, 0.3) is 15.9 Å². The normalized spacial score (nSPS) is 16.2. The molecule has 0 aliphatic heterocycles. The van der Waals surface area contributed by atoms with Crippen LogP contribution >= 0.6 is 11.3 Å². The van der Waals surface area contributed by atoms with Crippen molar-refractivity contribution in [2.45, 2.75) is 61.4 Å². The van der Waals surface area contributed by atoms with Crippen molar-refractivity contribution in [1.29, 1.82) is 0 Å². The van der Waals surface area contributed by atoms with Crippen molar-refractivity contribution in [2.75, 3.05) is 5.32 Å². The van der Waals surface area contributed by atoms with Crippen molar-refractivity contribution in [3.05, 3.63) is 41.3 Å². The van der Waals surface area contributed by atoms with Crippen molar-refractivity contribution < 1.29 is 8.42 Å². The van der Waals surface area contributed by atoms with Crippen LogP contribution in [-0.4, -0.2) is 34.3 Å². The molecule has 156 valence electrons. The van der Waals surface area contributed by atoms with Crippen LogP contribution < -0.4 is 5.32 Å². The van der Waals surface area contributed by atoms with Crippen LogP contribution in [0.4, 0.5) is 5.82 Å². The Morgan fingerprint density at radius 3 is 2.53 bits per heavy atom. The Morgan fingerprint density at radius 2 is 1.80 bits per heavy atom. The van der Waals surface area contributed by atoms with Gasteiger partial charge in [-0.3, -0.25) is 0 Å². The first kappa shape index (κ1) is 19.4. The van der Waals surface area contributed by atoms with E-state index in [0.717, 1.165) is 34.4 Å². The SMILES string of the molecule is Cc1ccc(S(=O)(=O)c2nnn3c2nc(NC2CCCCCC2)c2sccc23)cc1. The van der Waals surface area contributed by atoms with Crippen LogP contribution in [0.1, 0.15) is 44.1 Å². The van der Waals surface area contributed by atoms with Crippen molar-refractivity contribution in [3.8, 4) is 0 Å². The predicted octanol–water partition coefficient (Wildman–Crippen LogP) is 4.61. The van der Waals surface area contributed by atoms with Gasteiger partial charge in [-0.15, -0.1) is 16.4 Å². The molecule has 1 N–H and O–H groups in total. The zero-order valence-corrected chi connectivity index (χ0v) is 18.3. The molecule has 0 unspecified atom stereocenters. The second kappa shape index (κ2) is 7.63. The van der Waals surface area contributed by atoms with E-state index in [4.69, 9.17) is 4.98 Å². The van der Waals surface area contributed by atoms with Gasteiger partial charge in [0.25, 0.3) is 0 Å². The van der Waals surface area contributed by atoms with Crippen molar-refractivity contribution in [3.63, 3.8) is 0 Å². The molecule has 1 aliphatic rings. The molecule has 9 heteroatoms. The maximum Gasteiger partial charge on any atom is 0.229 e. The van der Waals surface area contributed by atoms with Crippen molar-refractivity contribution in [2.24, 2.45) is 0 Å². The first-order chi connectivity index (χ1) is 14.5. The van der Waals surface area contributed by atoms with Crippen LogP contribution in [0.2, 0.25) is 0 Å². The van der Waals surface area contributed by atoms with Crippen LogP contribution in [0, 0.1) is 6.92 Å². The van der Waals surface area contributed by atoms with Crippen LogP contribution in [-0.2, 0) is 9.84 Å². The maximum absolute atomic E-state index is 13.3. The number of hydrogen-bond donors (Lipinski definition) is 1. The lowest BCUT2D eigenvalue weighted by Gasteiger charge is -2.17. The van der Waals surface area contributed by atoms with Gasteiger partial charge in [0.2, 0.25) is 14.9 Å². The van der Waals surface area contributed by atoms with E-state index in [1.54, 1.807) is 35.6 Å². The van der Waals surface area contributed by atoms with Crippen LogP contribution in [0.3, 0.4) is 0 Å². The van der Waals surface area contributed by atoms with Gasteiger partial charge in [0.1, 0.15) is 5.82 Å². The molecule has 5 rings (SSSR count). The fourth-order valence-electron chi connectivity index (χ4n) is 4.04. The summed E-state index contributed by atoms with van der Waals surface area (Å²) in [5.41, 5.74) is 2.08. The van der Waals surface area contributed by atoms with E-state index in [2.05, 4.69) is 15.6 Å². The van der Waals surface area contributed by atoms with Gasteiger partial charge in [-0.1, -0.05) is 48.6 Å². The van der Waals surface area contributed by atoms with Crippen LogP contribution in [0.5, 0.6) is 0 Å². The van der Waals surface area contributed by atoms with E-state index >= 15 is 0 Å². The third-order valence-electron chi connectivity index (χ3n) is 5.70. The highest BCUT2D eigenvalue weighted by Gasteiger charge is 2.27. The van der Waals surface area contributed by atoms with Gasteiger partial charge in [0.05, 0.1) is 15.1 Å². The number of aryl methyl sites for hydroxylation is 1. The average molecular weight is 442 g/mol. The molecule has 3 aromatic heterocycles. The van der Waals surface area contributed by atoms with E-state index in [1.165, 1.54) is 30.2 Å². The summed E-state index contributed by atoms with van der Waals surface area (Å²) in [6.45, 7) is 1.92. The number of sulfone groups is 1. The first-order valence-corrected chi connectivity index (χ1v) is 12.6. The Morgan fingerprint density at radius 1 is 1.07 bits per heavy atom. The highest BCUT2D eigenvalue weighted by Crippen LogP contribution is 2.32. The Balaban J connectivity index is 1.63. The summed E-state index contributed by atoms with van der Waals surface area (Å²) in [6, 6.07) is 9.04. The smallest absolute Gasteiger partial charge is 0.229 e. The summed E-state index contributed by atoms with van der Waals surface area (Å²) in [5.74, 6) is 0.724. The number of nitrogens with one attached hydrogen (secondary N) is 1. The lowest BCUT2D eigenvalue weighted by molar-refractivity contribution is 0.592. The molecule has 3 heterocycles. The van der Waals surface area contributed by atoms with Crippen molar-refractivity contribution in [1.82, 2.24) is 19.8 Å². The minimum Gasteiger partial charge on any atom is -0.366 e. The summed E-state index contributed by atoms with van der Waals surface area (Å²) < 4.78 is 29.0. The maximum atomic E-state index is 13.3. The molecule has 0 amide bonds. The van der Waals surface area contributed by atoms with Gasteiger partial charge in [-0.25, -0.2) is 13.4 Å². The third kappa shape index (κ3) is 3.35. The third-order valence-corrected chi connectivity index (χ3v) is 8.28. The number of rotatable bonds is 4. The second-order valence-corrected chi connectivity index (χ2v) is 10.7. The van der Waals surface area contributed by atoms with Crippen LogP contribution in [0.15, 0.2) is 45.6 Å². The van der Waals surface area contributed by atoms with Gasteiger partial charge in [-0.2, -0.15) is 4.52 Å². The Labute approximate surface area is 179 Å². The van der Waals surface area contributed by atoms with E-state index in [0.29, 0.717) is 6.04 Å². The fourth-order valence-corrected chi connectivity index (χ4v) is 6.10. The molecule has 1 saturated carbocycles. The van der Waals surface area contributed by atoms with Crippen molar-refractivity contribution >= 4 is 42.9 Å². The predicted molar refractivity (Wildman–Crippen MR) is 118 cm³/mol. The van der Waals surface area contributed by atoms with Gasteiger partial charge >= 0.3 is 0 Å². The molecule has 30 heavy (non-hydrogen) atoms. The molecule has 0 radical (unpaired) electrons. The van der Waals surface area contributed by atoms with Gasteiger partial charge in [0.15, 0.2) is 5.65 Å². The number of aromatic nitrogens is 4. The lowest BCUT2D eigenvalue weighted by Crippen LogP contribution is -2.19. The molecule has 1 aliphatic carbocycles. The largest absolute Gasteiger partial charge is 0.366 e. The van der Waals surface area contributed by atoms with E-state index in [1.807, 2.05) is 18.4 Å². The van der Waals surface area contributed by atoms with E-state index in [9.17, 15) is 8.42 Å². The highest BCUT2D eigenvalue weighted by molar-refractivity contribution is 7.91. The first-order valence-electron chi connectivity index (χ1n) is 10.2. The Kier molecular flexibility index (Phi) is 4.94. The standard InChI is InChI=1S/C21H23N5O2S2/c1-14-8-10-16(11-9-14)30(27,28)21-20-23-19(22-15-6-4-2-3-5-7-15)18-17(12-13-29-18)26(20)25-24-21/h8-13,15H,2-7H2,1H3,(H,22,23). The number of benzene rings is 1. The molecule has 0 bridgehead atoms. The Hall–Kier alpha value is -2.52. The molecular formula is C21H23N5O2S2. The number of hydrogen-bond acceptors (Lipinski definition) is 7. The van der Waals surface area contributed by atoms with E-state index < -0.39 is 9.84 Å². The zero-order chi connectivity index (χ0) is 20.7. The summed E-state index contributed by atoms with van der Waals surface area (Å²) >= 11 is 1.57. The second-order valence-electron chi connectivity index (χ2n) is 7.87. The molecule has 4 aromatic rings. The minimum absolute atomic E-state index is 0.108. The summed E-state index contributed by atoms with van der Waals surface area (Å²) in [5, 5.41) is 13.6. The molecule has 7 nitrogen and oxygen atoms in total.